The van der Waals surface area contributed by atoms with Gasteiger partial charge >= 0.3 is 5.97 Å². The number of ether oxygens (including phenoxy) is 1. The summed E-state index contributed by atoms with van der Waals surface area (Å²) in [5.41, 5.74) is -0.876. The molecule has 1 aliphatic heterocycles. The number of hydrogen-bond donors (Lipinski definition) is 3. The lowest BCUT2D eigenvalue weighted by Gasteiger charge is -2.33. The number of rotatable bonds is 3. The second-order valence-corrected chi connectivity index (χ2v) is 5.84. The number of benzene rings is 1. The molecule has 0 radical (unpaired) electrons. The number of hydrogen-bond acceptors (Lipinski definition) is 3. The van der Waals surface area contributed by atoms with Crippen molar-refractivity contribution in [1.29, 1.82) is 0 Å². The van der Waals surface area contributed by atoms with Gasteiger partial charge in [0.1, 0.15) is 17.1 Å². The number of carboxylic acid groups (broad SMARTS) is 1. The fraction of sp³-hybridized carbons (Fsp3) is 0.333. The van der Waals surface area contributed by atoms with Gasteiger partial charge < -0.3 is 20.1 Å². The maximum atomic E-state index is 13.3. The summed E-state index contributed by atoms with van der Waals surface area (Å²) in [5, 5.41) is 12.4. The Morgan fingerprint density at radius 3 is 2.70 bits per heavy atom. The molecule has 3 N–H and O–H groups in total. The van der Waals surface area contributed by atoms with Crippen LogP contribution in [0.2, 0.25) is 5.02 Å². The number of amides is 1. The number of aromatic amines is 1. The number of aromatic nitrogens is 1. The maximum absolute atomic E-state index is 13.3. The molecular weight excluding hydrogens is 327 g/mol. The van der Waals surface area contributed by atoms with E-state index >= 15 is 0 Å². The minimum atomic E-state index is -1.39. The largest absolute Gasteiger partial charge is 0.480 e. The highest BCUT2D eigenvalue weighted by molar-refractivity contribution is 6.38. The Balaban J connectivity index is 1.94. The molecule has 1 fully saturated rings. The summed E-state index contributed by atoms with van der Waals surface area (Å²) < 4.78 is 18.5. The molecule has 2 aromatic rings. The van der Waals surface area contributed by atoms with Gasteiger partial charge in [0.2, 0.25) is 0 Å². The van der Waals surface area contributed by atoms with Crippen LogP contribution in [-0.4, -0.2) is 40.7 Å². The Labute approximate surface area is 135 Å². The summed E-state index contributed by atoms with van der Waals surface area (Å²) in [6, 6.07) is 3.93. The average Bonchev–Trinajstić information content (AvgIpc) is 2.85. The quantitative estimate of drug-likeness (QED) is 0.799. The number of fused-ring (bicyclic) bond motifs is 1. The number of carbonyl (C=O) groups is 2. The zero-order valence-electron chi connectivity index (χ0n) is 12.0. The van der Waals surface area contributed by atoms with Crippen LogP contribution in [0.3, 0.4) is 0 Å². The first-order chi connectivity index (χ1) is 10.9. The first kappa shape index (κ1) is 15.8. The zero-order valence-corrected chi connectivity index (χ0v) is 12.7. The van der Waals surface area contributed by atoms with E-state index in [2.05, 4.69) is 10.3 Å². The van der Waals surface area contributed by atoms with Crippen molar-refractivity contribution < 1.29 is 23.8 Å². The monoisotopic (exact) mass is 340 g/mol. The van der Waals surface area contributed by atoms with Gasteiger partial charge in [-0.25, -0.2) is 9.18 Å². The van der Waals surface area contributed by atoms with Crippen molar-refractivity contribution in [3.8, 4) is 0 Å². The van der Waals surface area contributed by atoms with Gasteiger partial charge in [-0.15, -0.1) is 0 Å². The van der Waals surface area contributed by atoms with Crippen LogP contribution in [-0.2, 0) is 9.53 Å². The lowest BCUT2D eigenvalue weighted by atomic mass is 9.90. The minimum Gasteiger partial charge on any atom is -0.480 e. The molecule has 0 unspecified atom stereocenters. The number of H-pyrrole nitrogens is 1. The topological polar surface area (TPSA) is 91.4 Å². The Morgan fingerprint density at radius 1 is 1.35 bits per heavy atom. The maximum Gasteiger partial charge on any atom is 0.329 e. The molecule has 0 aliphatic carbocycles. The molecule has 3 rings (SSSR count). The normalized spacial score (nSPS) is 17.1. The van der Waals surface area contributed by atoms with Gasteiger partial charge in [-0.2, -0.15) is 0 Å². The molecule has 1 aliphatic rings. The summed E-state index contributed by atoms with van der Waals surface area (Å²) in [6.07, 6.45) is 0.334. The molecule has 2 heterocycles. The van der Waals surface area contributed by atoms with E-state index in [0.29, 0.717) is 10.9 Å². The van der Waals surface area contributed by atoms with Crippen molar-refractivity contribution in [2.75, 3.05) is 13.2 Å². The van der Waals surface area contributed by atoms with Gasteiger partial charge in [-0.05, 0) is 18.2 Å². The second kappa shape index (κ2) is 5.82. The highest BCUT2D eigenvalue weighted by Gasteiger charge is 2.42. The molecule has 23 heavy (non-hydrogen) atoms. The summed E-state index contributed by atoms with van der Waals surface area (Å²) in [7, 11) is 0. The lowest BCUT2D eigenvalue weighted by molar-refractivity contribution is -0.148. The number of carbonyl (C=O) groups excluding carboxylic acids is 1. The minimum absolute atomic E-state index is 0.0133. The molecule has 8 heteroatoms. The number of aliphatic carboxylic acids is 1. The van der Waals surface area contributed by atoms with Crippen molar-refractivity contribution >= 4 is 34.4 Å². The summed E-state index contributed by atoms with van der Waals surface area (Å²) >= 11 is 6.14. The van der Waals surface area contributed by atoms with Crippen LogP contribution in [0.25, 0.3) is 10.9 Å². The molecule has 1 aromatic carbocycles. The molecule has 0 bridgehead atoms. The van der Waals surface area contributed by atoms with Crippen molar-refractivity contribution in [2.24, 2.45) is 0 Å². The Kier molecular flexibility index (Phi) is 3.99. The SMILES string of the molecule is O=C(NC1(C(=O)O)CCOCC1)c1[nH]c2ccc(F)cc2c1Cl. The molecule has 122 valence electrons. The fourth-order valence-corrected chi connectivity index (χ4v) is 2.97. The van der Waals surface area contributed by atoms with Gasteiger partial charge in [0.25, 0.3) is 5.91 Å². The lowest BCUT2D eigenvalue weighted by Crippen LogP contribution is -2.57. The van der Waals surface area contributed by atoms with E-state index in [1.807, 2.05) is 0 Å². The first-order valence-electron chi connectivity index (χ1n) is 7.03. The van der Waals surface area contributed by atoms with E-state index in [1.54, 1.807) is 0 Å². The summed E-state index contributed by atoms with van der Waals surface area (Å²) in [6.45, 7) is 0.496. The van der Waals surface area contributed by atoms with Crippen LogP contribution in [0.15, 0.2) is 18.2 Å². The number of halogens is 2. The third-order valence-corrected chi connectivity index (χ3v) is 4.43. The van der Waals surface area contributed by atoms with Gasteiger partial charge in [0.15, 0.2) is 0 Å². The van der Waals surface area contributed by atoms with E-state index in [1.165, 1.54) is 18.2 Å². The average molecular weight is 341 g/mol. The van der Waals surface area contributed by atoms with Crippen molar-refractivity contribution in [3.63, 3.8) is 0 Å². The highest BCUT2D eigenvalue weighted by atomic mass is 35.5. The van der Waals surface area contributed by atoms with Gasteiger partial charge in [0.05, 0.1) is 5.02 Å². The predicted octanol–water partition coefficient (Wildman–Crippen LogP) is 2.32. The van der Waals surface area contributed by atoms with E-state index in [0.717, 1.165) is 0 Å². The number of nitrogens with one attached hydrogen (secondary N) is 2. The van der Waals surface area contributed by atoms with Crippen LogP contribution in [0.4, 0.5) is 4.39 Å². The molecule has 1 aromatic heterocycles. The molecule has 6 nitrogen and oxygen atoms in total. The smallest absolute Gasteiger partial charge is 0.329 e. The van der Waals surface area contributed by atoms with Crippen molar-refractivity contribution in [3.05, 3.63) is 34.7 Å². The number of carboxylic acids is 1. The Hall–Kier alpha value is -2.12. The zero-order chi connectivity index (χ0) is 16.6. The van der Waals surface area contributed by atoms with Crippen LogP contribution in [0.5, 0.6) is 0 Å². The van der Waals surface area contributed by atoms with Gasteiger partial charge in [-0.1, -0.05) is 11.6 Å². The molecule has 1 amide bonds. The van der Waals surface area contributed by atoms with E-state index in [-0.39, 0.29) is 36.8 Å². The predicted molar refractivity (Wildman–Crippen MR) is 81.2 cm³/mol. The van der Waals surface area contributed by atoms with Crippen LogP contribution < -0.4 is 5.32 Å². The van der Waals surface area contributed by atoms with Crippen molar-refractivity contribution in [2.45, 2.75) is 18.4 Å². The van der Waals surface area contributed by atoms with E-state index in [9.17, 15) is 19.1 Å². The summed E-state index contributed by atoms with van der Waals surface area (Å²) in [4.78, 5) is 26.9. The van der Waals surface area contributed by atoms with Crippen molar-refractivity contribution in [1.82, 2.24) is 10.3 Å². The molecule has 0 atom stereocenters. The van der Waals surface area contributed by atoms with Crippen LogP contribution in [0.1, 0.15) is 23.3 Å². The fourth-order valence-electron chi connectivity index (χ4n) is 2.68. The van der Waals surface area contributed by atoms with E-state index in [4.69, 9.17) is 16.3 Å². The van der Waals surface area contributed by atoms with Crippen LogP contribution in [0, 0.1) is 5.82 Å². The molecular formula is C15H14ClFN2O4. The second-order valence-electron chi connectivity index (χ2n) is 5.46. The first-order valence-corrected chi connectivity index (χ1v) is 7.41. The van der Waals surface area contributed by atoms with Gasteiger partial charge in [-0.3, -0.25) is 4.79 Å². The standard InChI is InChI=1S/C15H14ClFN2O4/c16-11-9-7-8(17)1-2-10(9)18-12(11)13(20)19-15(14(21)22)3-5-23-6-4-15/h1-2,7,18H,3-6H2,(H,19,20)(H,21,22). The third kappa shape index (κ3) is 2.77. The highest BCUT2D eigenvalue weighted by Crippen LogP contribution is 2.29. The Morgan fingerprint density at radius 2 is 2.04 bits per heavy atom. The molecule has 0 saturated carbocycles. The van der Waals surface area contributed by atoms with E-state index < -0.39 is 23.2 Å². The molecule has 0 spiro atoms. The molecule has 1 saturated heterocycles. The van der Waals surface area contributed by atoms with Crippen LogP contribution >= 0.6 is 11.6 Å². The summed E-state index contributed by atoms with van der Waals surface area (Å²) in [5.74, 6) is -2.24. The third-order valence-electron chi connectivity index (χ3n) is 4.03. The Bertz CT molecular complexity index is 783. The van der Waals surface area contributed by atoms with Gasteiger partial charge in [0, 0.05) is 37.0 Å².